The van der Waals surface area contributed by atoms with Crippen molar-refractivity contribution in [2.75, 3.05) is 13.1 Å². The molecule has 0 aliphatic carbocycles. The number of benzene rings is 2. The molecular weight excluding hydrogens is 438 g/mol. The second-order valence-corrected chi connectivity index (χ2v) is 8.86. The van der Waals surface area contributed by atoms with E-state index in [0.29, 0.717) is 17.1 Å². The summed E-state index contributed by atoms with van der Waals surface area (Å²) in [5, 5.41) is 4.66. The Morgan fingerprint density at radius 3 is 2.75 bits per heavy atom. The van der Waals surface area contributed by atoms with E-state index in [4.69, 9.17) is 11.6 Å². The van der Waals surface area contributed by atoms with Gasteiger partial charge in [-0.3, -0.25) is 9.69 Å². The Labute approximate surface area is 177 Å². The maximum atomic E-state index is 12.4. The number of halogens is 2. The highest BCUT2D eigenvalue weighted by atomic mass is 79.9. The number of carbonyl (C=O) groups is 1. The van der Waals surface area contributed by atoms with Gasteiger partial charge in [0.15, 0.2) is 0 Å². The molecule has 0 unspecified atom stereocenters. The third-order valence-electron chi connectivity index (χ3n) is 5.83. The number of likely N-dealkylation sites (tertiary alicyclic amines) is 1. The fourth-order valence-electron chi connectivity index (χ4n) is 4.39. The van der Waals surface area contributed by atoms with Crippen LogP contribution in [-0.4, -0.2) is 28.9 Å². The summed E-state index contributed by atoms with van der Waals surface area (Å²) in [7, 11) is 0. The number of nitrogens with zero attached hydrogens (tertiary/aromatic N) is 1. The molecule has 1 amide bonds. The first-order chi connectivity index (χ1) is 13.6. The molecule has 6 heteroatoms. The molecule has 2 N–H and O–H groups in total. The van der Waals surface area contributed by atoms with Crippen LogP contribution in [-0.2, 0) is 13.1 Å². The van der Waals surface area contributed by atoms with Gasteiger partial charge in [0.25, 0.3) is 5.91 Å². The molecule has 1 aromatic heterocycles. The molecule has 2 aliphatic heterocycles. The molecule has 144 valence electrons. The first-order valence-electron chi connectivity index (χ1n) is 9.74. The van der Waals surface area contributed by atoms with Gasteiger partial charge in [0, 0.05) is 40.1 Å². The van der Waals surface area contributed by atoms with Gasteiger partial charge in [-0.05, 0) is 65.6 Å². The van der Waals surface area contributed by atoms with Crippen LogP contribution in [0.15, 0.2) is 34.8 Å². The lowest BCUT2D eigenvalue weighted by Crippen LogP contribution is -2.29. The molecule has 0 bridgehead atoms. The van der Waals surface area contributed by atoms with Gasteiger partial charge in [-0.2, -0.15) is 0 Å². The van der Waals surface area contributed by atoms with Gasteiger partial charge in [-0.1, -0.05) is 30.2 Å². The number of aromatic amines is 1. The molecule has 5 rings (SSSR count). The largest absolute Gasteiger partial charge is 0.354 e. The summed E-state index contributed by atoms with van der Waals surface area (Å²) in [6.07, 6.45) is 3.94. The molecular formula is C22H21BrClN3O. The number of H-pyrrole nitrogens is 1. The van der Waals surface area contributed by atoms with Crippen molar-refractivity contribution in [3.05, 3.63) is 56.5 Å². The fourth-order valence-corrected chi connectivity index (χ4v) is 5.25. The van der Waals surface area contributed by atoms with Gasteiger partial charge in [0.2, 0.25) is 0 Å². The lowest BCUT2D eigenvalue weighted by Gasteiger charge is -2.26. The minimum absolute atomic E-state index is 0.0659. The molecule has 3 aromatic rings. The van der Waals surface area contributed by atoms with Gasteiger partial charge in [-0.25, -0.2) is 0 Å². The van der Waals surface area contributed by atoms with Crippen LogP contribution in [0, 0.1) is 0 Å². The highest BCUT2D eigenvalue weighted by molar-refractivity contribution is 9.10. The number of aromatic nitrogens is 1. The van der Waals surface area contributed by atoms with Gasteiger partial charge in [0.1, 0.15) is 0 Å². The summed E-state index contributed by atoms with van der Waals surface area (Å²) >= 11 is 10.1. The van der Waals surface area contributed by atoms with Gasteiger partial charge < -0.3 is 10.3 Å². The molecule has 3 heterocycles. The highest BCUT2D eigenvalue weighted by Crippen LogP contribution is 2.40. The average Bonchev–Trinajstić information content (AvgIpc) is 3.25. The van der Waals surface area contributed by atoms with Crippen molar-refractivity contribution in [2.24, 2.45) is 0 Å². The van der Waals surface area contributed by atoms with E-state index in [1.54, 1.807) is 0 Å². The third-order valence-corrected chi connectivity index (χ3v) is 7.01. The standard InChI is InChI=1S/C22H21BrClN3O/c23-20-15-10-13(12-27-8-2-1-3-9-27)4-7-18(15)26-21(20)14-5-6-17(24)16-11-25-22(28)19(14)16/h4-7,10,26H,1-3,8-9,11-12H2,(H,25,28). The topological polar surface area (TPSA) is 48.1 Å². The zero-order valence-electron chi connectivity index (χ0n) is 15.4. The molecule has 0 saturated carbocycles. The zero-order valence-corrected chi connectivity index (χ0v) is 17.8. The Hall–Kier alpha value is -1.82. The molecule has 1 fully saturated rings. The van der Waals surface area contributed by atoms with Crippen LogP contribution in [0.1, 0.15) is 40.7 Å². The molecule has 4 nitrogen and oxygen atoms in total. The molecule has 0 atom stereocenters. The normalized spacial score (nSPS) is 17.1. The smallest absolute Gasteiger partial charge is 0.252 e. The number of amides is 1. The monoisotopic (exact) mass is 457 g/mol. The Morgan fingerprint density at radius 1 is 1.11 bits per heavy atom. The summed E-state index contributed by atoms with van der Waals surface area (Å²) in [4.78, 5) is 18.4. The molecule has 1 saturated heterocycles. The second kappa shape index (κ2) is 7.21. The summed E-state index contributed by atoms with van der Waals surface area (Å²) in [6, 6.07) is 10.4. The van der Waals surface area contributed by atoms with Crippen LogP contribution in [0.2, 0.25) is 5.02 Å². The molecule has 2 aliphatic rings. The van der Waals surface area contributed by atoms with E-state index < -0.39 is 0 Å². The van der Waals surface area contributed by atoms with Crippen LogP contribution in [0.25, 0.3) is 22.2 Å². The van der Waals surface area contributed by atoms with Crippen molar-refractivity contribution in [2.45, 2.75) is 32.4 Å². The maximum Gasteiger partial charge on any atom is 0.252 e. The van der Waals surface area contributed by atoms with E-state index in [2.05, 4.69) is 49.3 Å². The number of rotatable bonds is 3. The zero-order chi connectivity index (χ0) is 19.3. The van der Waals surface area contributed by atoms with Crippen LogP contribution >= 0.6 is 27.5 Å². The van der Waals surface area contributed by atoms with E-state index >= 15 is 0 Å². The average molecular weight is 459 g/mol. The molecule has 28 heavy (non-hydrogen) atoms. The van der Waals surface area contributed by atoms with Crippen molar-refractivity contribution in [3.8, 4) is 11.3 Å². The Bertz CT molecular complexity index is 1090. The van der Waals surface area contributed by atoms with E-state index in [0.717, 1.165) is 38.7 Å². The van der Waals surface area contributed by atoms with Gasteiger partial charge in [-0.15, -0.1) is 0 Å². The van der Waals surface area contributed by atoms with Crippen LogP contribution in [0.3, 0.4) is 0 Å². The number of carbonyl (C=O) groups excluding carboxylic acids is 1. The van der Waals surface area contributed by atoms with Gasteiger partial charge in [0.05, 0.1) is 15.7 Å². The second-order valence-electron chi connectivity index (χ2n) is 7.66. The van der Waals surface area contributed by atoms with Crippen molar-refractivity contribution in [3.63, 3.8) is 0 Å². The number of hydrogen-bond acceptors (Lipinski definition) is 2. The first-order valence-corrected chi connectivity index (χ1v) is 10.9. The third kappa shape index (κ3) is 3.06. The summed E-state index contributed by atoms with van der Waals surface area (Å²) < 4.78 is 0.993. The predicted molar refractivity (Wildman–Crippen MR) is 117 cm³/mol. The lowest BCUT2D eigenvalue weighted by molar-refractivity contribution is 0.0966. The van der Waals surface area contributed by atoms with Crippen LogP contribution in [0.4, 0.5) is 0 Å². The minimum atomic E-state index is -0.0659. The van der Waals surface area contributed by atoms with Gasteiger partial charge >= 0.3 is 0 Å². The first kappa shape index (κ1) is 18.2. The molecule has 0 radical (unpaired) electrons. The summed E-state index contributed by atoms with van der Waals surface area (Å²) in [5.74, 6) is -0.0659. The van der Waals surface area contributed by atoms with Crippen LogP contribution < -0.4 is 5.32 Å². The highest BCUT2D eigenvalue weighted by Gasteiger charge is 2.27. The van der Waals surface area contributed by atoms with E-state index in [1.165, 1.54) is 37.9 Å². The Balaban J connectivity index is 1.56. The van der Waals surface area contributed by atoms with Crippen molar-refractivity contribution < 1.29 is 4.79 Å². The van der Waals surface area contributed by atoms with Crippen molar-refractivity contribution in [1.82, 2.24) is 15.2 Å². The molecule has 2 aromatic carbocycles. The minimum Gasteiger partial charge on any atom is -0.354 e. The van der Waals surface area contributed by atoms with E-state index in [1.807, 2.05) is 12.1 Å². The Morgan fingerprint density at radius 2 is 1.93 bits per heavy atom. The van der Waals surface area contributed by atoms with Crippen LogP contribution in [0.5, 0.6) is 0 Å². The summed E-state index contributed by atoms with van der Waals surface area (Å²) in [5.41, 5.74) is 5.74. The summed E-state index contributed by atoms with van der Waals surface area (Å²) in [6.45, 7) is 3.84. The van der Waals surface area contributed by atoms with Crippen molar-refractivity contribution in [1.29, 1.82) is 0 Å². The Kier molecular flexibility index (Phi) is 4.69. The lowest BCUT2D eigenvalue weighted by atomic mass is 10.0. The number of fused-ring (bicyclic) bond motifs is 2. The van der Waals surface area contributed by atoms with E-state index in [9.17, 15) is 4.79 Å². The number of hydrogen-bond donors (Lipinski definition) is 2. The van der Waals surface area contributed by atoms with E-state index in [-0.39, 0.29) is 5.91 Å². The quantitative estimate of drug-likeness (QED) is 0.546. The number of piperidine rings is 1. The number of nitrogens with one attached hydrogen (secondary N) is 2. The SMILES string of the molecule is O=C1NCc2c(Cl)ccc(-c3[nH]c4ccc(CN5CCCCC5)cc4c3Br)c21. The predicted octanol–water partition coefficient (Wildman–Crippen LogP) is 5.48. The van der Waals surface area contributed by atoms with Crippen molar-refractivity contribution >= 4 is 44.3 Å². The molecule has 0 spiro atoms. The maximum absolute atomic E-state index is 12.4. The fraction of sp³-hybridized carbons (Fsp3) is 0.318.